The Bertz CT molecular complexity index is 673. The molecule has 3 N–H and O–H groups in total. The van der Waals surface area contributed by atoms with Crippen LogP contribution in [0, 0.1) is 0 Å². The van der Waals surface area contributed by atoms with Gasteiger partial charge in [0.15, 0.2) is 6.35 Å². The summed E-state index contributed by atoms with van der Waals surface area (Å²) in [4.78, 5) is 11.2. The van der Waals surface area contributed by atoms with Gasteiger partial charge >= 0.3 is 0 Å². The van der Waals surface area contributed by atoms with E-state index in [9.17, 15) is 9.90 Å². The van der Waals surface area contributed by atoms with Crippen molar-refractivity contribution in [3.63, 3.8) is 0 Å². The standard InChI is InChI=1S/C19H24N2O4/c1-3-18(22)21-19(23)20-12-14-7-9-16(10-8-14)25-13-15-5-4-6-17(11-15)24-2/h4-11,19-20,23H,3,12-13H2,1-2H3,(H,21,22). The van der Waals surface area contributed by atoms with Crippen molar-refractivity contribution < 1.29 is 19.4 Å². The summed E-state index contributed by atoms with van der Waals surface area (Å²) >= 11 is 0. The zero-order chi connectivity index (χ0) is 18.1. The summed E-state index contributed by atoms with van der Waals surface area (Å²) in [5.74, 6) is 1.35. The maximum atomic E-state index is 11.2. The van der Waals surface area contributed by atoms with Gasteiger partial charge in [0.25, 0.3) is 0 Å². The lowest BCUT2D eigenvalue weighted by molar-refractivity contribution is -0.124. The maximum absolute atomic E-state index is 11.2. The highest BCUT2D eigenvalue weighted by molar-refractivity contribution is 5.75. The van der Waals surface area contributed by atoms with Gasteiger partial charge in [-0.05, 0) is 35.4 Å². The van der Waals surface area contributed by atoms with Gasteiger partial charge in [0.1, 0.15) is 18.1 Å². The Kier molecular flexibility index (Phi) is 7.25. The van der Waals surface area contributed by atoms with E-state index in [0.717, 1.165) is 22.6 Å². The van der Waals surface area contributed by atoms with Gasteiger partial charge in [-0.3, -0.25) is 10.1 Å². The van der Waals surface area contributed by atoms with Crippen LogP contribution in [0.4, 0.5) is 0 Å². The van der Waals surface area contributed by atoms with Crippen molar-refractivity contribution in [2.75, 3.05) is 7.11 Å². The number of rotatable bonds is 9. The predicted octanol–water partition coefficient (Wildman–Crippen LogP) is 2.17. The fourth-order valence-electron chi connectivity index (χ4n) is 2.15. The Hall–Kier alpha value is -2.57. The first-order valence-electron chi connectivity index (χ1n) is 8.16. The van der Waals surface area contributed by atoms with E-state index in [0.29, 0.717) is 19.6 Å². The van der Waals surface area contributed by atoms with Crippen molar-refractivity contribution in [2.24, 2.45) is 0 Å². The molecule has 0 radical (unpaired) electrons. The molecule has 2 rings (SSSR count). The maximum Gasteiger partial charge on any atom is 0.222 e. The third-order valence-corrected chi connectivity index (χ3v) is 3.58. The highest BCUT2D eigenvalue weighted by atomic mass is 16.5. The molecule has 134 valence electrons. The number of ether oxygens (including phenoxy) is 2. The topological polar surface area (TPSA) is 79.8 Å². The van der Waals surface area contributed by atoms with Gasteiger partial charge in [-0.25, -0.2) is 0 Å². The molecule has 0 fully saturated rings. The average molecular weight is 344 g/mol. The van der Waals surface area contributed by atoms with Crippen molar-refractivity contribution >= 4 is 5.91 Å². The number of hydrogen-bond acceptors (Lipinski definition) is 5. The smallest absolute Gasteiger partial charge is 0.222 e. The lowest BCUT2D eigenvalue weighted by atomic mass is 10.2. The fourth-order valence-corrected chi connectivity index (χ4v) is 2.15. The number of carbonyl (C=O) groups excluding carboxylic acids is 1. The molecule has 0 aliphatic carbocycles. The molecule has 2 aromatic carbocycles. The molecular formula is C19H24N2O4. The monoisotopic (exact) mass is 344 g/mol. The van der Waals surface area contributed by atoms with E-state index in [1.807, 2.05) is 48.5 Å². The Morgan fingerprint density at radius 1 is 1.12 bits per heavy atom. The molecular weight excluding hydrogens is 320 g/mol. The molecule has 6 heteroatoms. The third kappa shape index (κ3) is 6.45. The van der Waals surface area contributed by atoms with Gasteiger partial charge in [0.2, 0.25) is 5.91 Å². The van der Waals surface area contributed by atoms with Crippen molar-refractivity contribution in [3.05, 3.63) is 59.7 Å². The molecule has 6 nitrogen and oxygen atoms in total. The molecule has 25 heavy (non-hydrogen) atoms. The highest BCUT2D eigenvalue weighted by Crippen LogP contribution is 2.17. The first kappa shape index (κ1) is 18.8. The number of benzene rings is 2. The van der Waals surface area contributed by atoms with Crippen molar-refractivity contribution in [1.82, 2.24) is 10.6 Å². The van der Waals surface area contributed by atoms with Gasteiger partial charge < -0.3 is 19.9 Å². The Balaban J connectivity index is 1.80. The number of methoxy groups -OCH3 is 1. The average Bonchev–Trinajstić information content (AvgIpc) is 2.65. The first-order chi connectivity index (χ1) is 12.1. The molecule has 1 amide bonds. The summed E-state index contributed by atoms with van der Waals surface area (Å²) in [6.45, 7) is 2.62. The Morgan fingerprint density at radius 2 is 1.88 bits per heavy atom. The van der Waals surface area contributed by atoms with Gasteiger partial charge in [0, 0.05) is 13.0 Å². The molecule has 2 aromatic rings. The summed E-state index contributed by atoms with van der Waals surface area (Å²) in [7, 11) is 1.64. The zero-order valence-electron chi connectivity index (χ0n) is 14.5. The molecule has 0 aliphatic rings. The summed E-state index contributed by atoms with van der Waals surface area (Å²) in [5.41, 5.74) is 2.00. The van der Waals surface area contributed by atoms with Gasteiger partial charge in [-0.1, -0.05) is 31.2 Å². The van der Waals surface area contributed by atoms with Crippen LogP contribution in [0.1, 0.15) is 24.5 Å². The minimum Gasteiger partial charge on any atom is -0.497 e. The Labute approximate surface area is 147 Å². The van der Waals surface area contributed by atoms with E-state index >= 15 is 0 Å². The highest BCUT2D eigenvalue weighted by Gasteiger charge is 2.06. The van der Waals surface area contributed by atoms with Crippen molar-refractivity contribution in [2.45, 2.75) is 32.8 Å². The summed E-state index contributed by atoms with van der Waals surface area (Å²) < 4.78 is 10.9. The van der Waals surface area contributed by atoms with Gasteiger partial charge in [0.05, 0.1) is 7.11 Å². The van der Waals surface area contributed by atoms with E-state index in [1.54, 1.807) is 14.0 Å². The van der Waals surface area contributed by atoms with Crippen LogP contribution in [0.3, 0.4) is 0 Å². The fraction of sp³-hybridized carbons (Fsp3) is 0.316. The lowest BCUT2D eigenvalue weighted by Gasteiger charge is -2.14. The van der Waals surface area contributed by atoms with Crippen LogP contribution in [0.15, 0.2) is 48.5 Å². The first-order valence-corrected chi connectivity index (χ1v) is 8.16. The summed E-state index contributed by atoms with van der Waals surface area (Å²) in [6, 6.07) is 15.3. The van der Waals surface area contributed by atoms with Crippen molar-refractivity contribution in [1.29, 1.82) is 0 Å². The zero-order valence-corrected chi connectivity index (χ0v) is 14.5. The summed E-state index contributed by atoms with van der Waals surface area (Å²) in [6.07, 6.45) is -0.727. The second-order valence-electron chi connectivity index (χ2n) is 5.49. The number of aliphatic hydroxyl groups is 1. The van der Waals surface area contributed by atoms with E-state index in [-0.39, 0.29) is 5.91 Å². The second-order valence-corrected chi connectivity index (χ2v) is 5.49. The summed E-state index contributed by atoms with van der Waals surface area (Å²) in [5, 5.41) is 14.9. The molecule has 0 bridgehead atoms. The minimum atomic E-state index is -1.06. The number of carbonyl (C=O) groups is 1. The normalized spacial score (nSPS) is 11.6. The molecule has 0 saturated heterocycles. The second kappa shape index (κ2) is 9.66. The van der Waals surface area contributed by atoms with E-state index in [2.05, 4.69) is 10.6 Å². The van der Waals surface area contributed by atoms with Crippen LogP contribution >= 0.6 is 0 Å². The van der Waals surface area contributed by atoms with Crippen LogP contribution in [0.25, 0.3) is 0 Å². The van der Waals surface area contributed by atoms with Gasteiger partial charge in [-0.15, -0.1) is 0 Å². The van der Waals surface area contributed by atoms with Crippen molar-refractivity contribution in [3.8, 4) is 11.5 Å². The molecule has 1 atom stereocenters. The van der Waals surface area contributed by atoms with E-state index in [1.165, 1.54) is 0 Å². The molecule has 1 unspecified atom stereocenters. The molecule has 0 aromatic heterocycles. The number of aliphatic hydroxyl groups excluding tert-OH is 1. The molecule has 0 heterocycles. The van der Waals surface area contributed by atoms with Crippen LogP contribution in [-0.4, -0.2) is 24.5 Å². The van der Waals surface area contributed by atoms with E-state index < -0.39 is 6.35 Å². The number of amides is 1. The minimum absolute atomic E-state index is 0.207. The number of hydrogen-bond donors (Lipinski definition) is 3. The third-order valence-electron chi connectivity index (χ3n) is 3.58. The molecule has 0 spiro atoms. The largest absolute Gasteiger partial charge is 0.497 e. The quantitative estimate of drug-likeness (QED) is 0.608. The van der Waals surface area contributed by atoms with Crippen LogP contribution in [-0.2, 0) is 17.9 Å². The Morgan fingerprint density at radius 3 is 2.56 bits per heavy atom. The van der Waals surface area contributed by atoms with Gasteiger partial charge in [-0.2, -0.15) is 0 Å². The van der Waals surface area contributed by atoms with Crippen LogP contribution in [0.5, 0.6) is 11.5 Å². The van der Waals surface area contributed by atoms with Crippen LogP contribution in [0.2, 0.25) is 0 Å². The molecule has 0 saturated carbocycles. The lowest BCUT2D eigenvalue weighted by Crippen LogP contribution is -2.44. The van der Waals surface area contributed by atoms with E-state index in [4.69, 9.17) is 9.47 Å². The predicted molar refractivity (Wildman–Crippen MR) is 95.0 cm³/mol. The molecule has 0 aliphatic heterocycles. The van der Waals surface area contributed by atoms with Crippen LogP contribution < -0.4 is 20.1 Å². The SMILES string of the molecule is CCC(=O)NC(O)NCc1ccc(OCc2cccc(OC)c2)cc1. The number of nitrogens with one attached hydrogen (secondary N) is 2.